The molecule has 0 N–H and O–H groups in total. The van der Waals surface area contributed by atoms with Gasteiger partial charge in [0, 0.05) is 50.7 Å². The number of carbonyl (C=O) groups is 4. The SMILES string of the molecule is C=CC(=O)OCC(CCCOCCCOCCCC(COC(=O)C=C)OC(=O)C=C)OC(=O)C=C. The van der Waals surface area contributed by atoms with Crippen LogP contribution in [0.25, 0.3) is 0 Å². The van der Waals surface area contributed by atoms with Crippen molar-refractivity contribution in [2.75, 3.05) is 39.6 Å². The molecule has 0 bridgehead atoms. The second kappa shape index (κ2) is 21.3. The van der Waals surface area contributed by atoms with Crippen molar-refractivity contribution < 1.29 is 47.6 Å². The molecule has 10 nitrogen and oxygen atoms in total. The smallest absolute Gasteiger partial charge is 0.330 e. The highest BCUT2D eigenvalue weighted by molar-refractivity contribution is 5.82. The molecule has 0 saturated carbocycles. The van der Waals surface area contributed by atoms with Gasteiger partial charge in [0.05, 0.1) is 0 Å². The summed E-state index contributed by atoms with van der Waals surface area (Å²) >= 11 is 0. The van der Waals surface area contributed by atoms with Gasteiger partial charge in [-0.2, -0.15) is 0 Å². The number of esters is 4. The molecule has 0 heterocycles. The summed E-state index contributed by atoms with van der Waals surface area (Å²) in [5, 5.41) is 0. The molecule has 0 rings (SSSR count). The number of hydrogen-bond acceptors (Lipinski definition) is 10. The molecule has 0 spiro atoms. The molecular formula is C25H36O10. The summed E-state index contributed by atoms with van der Waals surface area (Å²) in [5.41, 5.74) is 0. The van der Waals surface area contributed by atoms with E-state index in [-0.39, 0.29) is 13.2 Å². The van der Waals surface area contributed by atoms with Gasteiger partial charge < -0.3 is 28.4 Å². The van der Waals surface area contributed by atoms with Crippen LogP contribution < -0.4 is 0 Å². The zero-order valence-electron chi connectivity index (χ0n) is 20.2. The Morgan fingerprint density at radius 1 is 0.543 bits per heavy atom. The Labute approximate surface area is 206 Å². The van der Waals surface area contributed by atoms with Gasteiger partial charge in [0.25, 0.3) is 0 Å². The Kier molecular flexibility index (Phi) is 19.3. The van der Waals surface area contributed by atoms with E-state index < -0.39 is 36.1 Å². The third kappa shape index (κ3) is 18.8. The molecule has 2 atom stereocenters. The summed E-state index contributed by atoms with van der Waals surface area (Å²) in [6.45, 7) is 15.0. The Morgan fingerprint density at radius 3 is 1.23 bits per heavy atom. The molecule has 0 aromatic heterocycles. The second-order valence-corrected chi connectivity index (χ2v) is 7.06. The van der Waals surface area contributed by atoms with Crippen molar-refractivity contribution in [3.8, 4) is 0 Å². The van der Waals surface area contributed by atoms with Crippen molar-refractivity contribution in [1.82, 2.24) is 0 Å². The standard InChI is InChI=1S/C25H36O10/c1-5-22(26)32-18-20(34-24(28)7-3)12-9-14-30-16-11-17-31-15-10-13-21(35-25(29)8-4)19-33-23(27)6-2/h5-8,20-21H,1-4,9-19H2. The number of carbonyl (C=O) groups excluding carboxylic acids is 4. The molecule has 0 aromatic carbocycles. The third-order valence-corrected chi connectivity index (χ3v) is 4.26. The first-order valence-electron chi connectivity index (χ1n) is 11.3. The van der Waals surface area contributed by atoms with E-state index in [2.05, 4.69) is 26.3 Å². The van der Waals surface area contributed by atoms with E-state index in [0.29, 0.717) is 58.5 Å². The largest absolute Gasteiger partial charge is 0.459 e. The monoisotopic (exact) mass is 496 g/mol. The second-order valence-electron chi connectivity index (χ2n) is 7.06. The Balaban J connectivity index is 3.95. The van der Waals surface area contributed by atoms with Crippen LogP contribution in [-0.2, 0) is 47.6 Å². The number of rotatable bonds is 22. The maximum Gasteiger partial charge on any atom is 0.330 e. The van der Waals surface area contributed by atoms with E-state index >= 15 is 0 Å². The average Bonchev–Trinajstić information content (AvgIpc) is 2.87. The van der Waals surface area contributed by atoms with Gasteiger partial charge in [0.1, 0.15) is 25.4 Å². The zero-order valence-corrected chi connectivity index (χ0v) is 20.2. The minimum absolute atomic E-state index is 0.0669. The van der Waals surface area contributed by atoms with Crippen molar-refractivity contribution in [2.24, 2.45) is 0 Å². The van der Waals surface area contributed by atoms with E-state index in [1.807, 2.05) is 0 Å². The highest BCUT2D eigenvalue weighted by Gasteiger charge is 2.16. The molecule has 0 aromatic rings. The van der Waals surface area contributed by atoms with E-state index in [9.17, 15) is 19.2 Å². The lowest BCUT2D eigenvalue weighted by Crippen LogP contribution is -2.24. The van der Waals surface area contributed by atoms with Crippen LogP contribution in [0.4, 0.5) is 0 Å². The van der Waals surface area contributed by atoms with Gasteiger partial charge >= 0.3 is 23.9 Å². The predicted octanol–water partition coefficient (Wildman–Crippen LogP) is 2.62. The van der Waals surface area contributed by atoms with Gasteiger partial charge in [-0.15, -0.1) is 0 Å². The first kappa shape index (κ1) is 31.8. The Bertz CT molecular complexity index is 642. The molecule has 2 unspecified atom stereocenters. The van der Waals surface area contributed by atoms with Gasteiger partial charge in [0.15, 0.2) is 0 Å². The highest BCUT2D eigenvalue weighted by Crippen LogP contribution is 2.07. The first-order valence-corrected chi connectivity index (χ1v) is 11.3. The van der Waals surface area contributed by atoms with Gasteiger partial charge in [-0.05, 0) is 32.1 Å². The third-order valence-electron chi connectivity index (χ3n) is 4.26. The maximum atomic E-state index is 11.4. The molecule has 0 aliphatic heterocycles. The Morgan fingerprint density at radius 2 is 0.886 bits per heavy atom. The van der Waals surface area contributed by atoms with Crippen molar-refractivity contribution >= 4 is 23.9 Å². The van der Waals surface area contributed by atoms with Crippen LogP contribution >= 0.6 is 0 Å². The molecule has 10 heteroatoms. The highest BCUT2D eigenvalue weighted by atomic mass is 16.6. The fraction of sp³-hybridized carbons (Fsp3) is 0.520. The van der Waals surface area contributed by atoms with Crippen LogP contribution in [0.5, 0.6) is 0 Å². The van der Waals surface area contributed by atoms with Crippen LogP contribution in [0.1, 0.15) is 32.1 Å². The molecule has 0 aliphatic rings. The minimum Gasteiger partial charge on any atom is -0.459 e. The van der Waals surface area contributed by atoms with Gasteiger partial charge in [-0.3, -0.25) is 0 Å². The molecule has 0 amide bonds. The molecular weight excluding hydrogens is 460 g/mol. The maximum absolute atomic E-state index is 11.4. The van der Waals surface area contributed by atoms with Crippen LogP contribution in [0.2, 0.25) is 0 Å². The fourth-order valence-corrected chi connectivity index (χ4v) is 2.54. The Hall–Kier alpha value is -3.24. The number of ether oxygens (including phenoxy) is 6. The van der Waals surface area contributed by atoms with Crippen LogP contribution in [-0.4, -0.2) is 75.7 Å². The molecule has 35 heavy (non-hydrogen) atoms. The lowest BCUT2D eigenvalue weighted by Gasteiger charge is -2.17. The summed E-state index contributed by atoms with van der Waals surface area (Å²) in [4.78, 5) is 45.2. The number of hydrogen-bond donors (Lipinski definition) is 0. The summed E-state index contributed by atoms with van der Waals surface area (Å²) in [5.74, 6) is -2.37. The van der Waals surface area contributed by atoms with E-state index in [1.54, 1.807) is 0 Å². The molecule has 0 fully saturated rings. The summed E-state index contributed by atoms with van der Waals surface area (Å²) in [7, 11) is 0. The van der Waals surface area contributed by atoms with Crippen molar-refractivity contribution in [1.29, 1.82) is 0 Å². The summed E-state index contributed by atoms with van der Waals surface area (Å²) < 4.78 is 31.2. The van der Waals surface area contributed by atoms with Gasteiger partial charge in [0.2, 0.25) is 0 Å². The van der Waals surface area contributed by atoms with Crippen molar-refractivity contribution in [3.05, 3.63) is 50.6 Å². The van der Waals surface area contributed by atoms with E-state index in [1.165, 1.54) is 0 Å². The van der Waals surface area contributed by atoms with Crippen LogP contribution in [0, 0.1) is 0 Å². The zero-order chi connectivity index (χ0) is 26.3. The lowest BCUT2D eigenvalue weighted by molar-refractivity contribution is -0.153. The minimum atomic E-state index is -0.592. The predicted molar refractivity (Wildman–Crippen MR) is 127 cm³/mol. The van der Waals surface area contributed by atoms with Gasteiger partial charge in [-0.1, -0.05) is 26.3 Å². The molecule has 0 saturated heterocycles. The lowest BCUT2D eigenvalue weighted by atomic mass is 10.2. The van der Waals surface area contributed by atoms with Crippen LogP contribution in [0.15, 0.2) is 50.6 Å². The quantitative estimate of drug-likeness (QED) is 0.0956. The summed E-state index contributed by atoms with van der Waals surface area (Å²) in [6.07, 6.45) is 5.78. The van der Waals surface area contributed by atoms with Crippen LogP contribution in [0.3, 0.4) is 0 Å². The average molecular weight is 497 g/mol. The first-order chi connectivity index (χ1) is 16.9. The normalized spacial score (nSPS) is 11.9. The van der Waals surface area contributed by atoms with E-state index in [4.69, 9.17) is 28.4 Å². The van der Waals surface area contributed by atoms with Gasteiger partial charge in [-0.25, -0.2) is 19.2 Å². The van der Waals surface area contributed by atoms with Crippen molar-refractivity contribution in [3.63, 3.8) is 0 Å². The van der Waals surface area contributed by atoms with E-state index in [0.717, 1.165) is 24.3 Å². The fourth-order valence-electron chi connectivity index (χ4n) is 2.54. The summed E-state index contributed by atoms with van der Waals surface area (Å²) in [6, 6.07) is 0. The van der Waals surface area contributed by atoms with Crippen molar-refractivity contribution in [2.45, 2.75) is 44.3 Å². The molecule has 0 radical (unpaired) electrons. The topological polar surface area (TPSA) is 124 Å². The molecule has 196 valence electrons. The molecule has 0 aliphatic carbocycles.